The summed E-state index contributed by atoms with van der Waals surface area (Å²) in [6.45, 7) is 6.47. The van der Waals surface area contributed by atoms with Crippen LogP contribution in [0.5, 0.6) is 0 Å². The van der Waals surface area contributed by atoms with Gasteiger partial charge in [0.05, 0.1) is 24.6 Å². The van der Waals surface area contributed by atoms with Crippen LogP contribution in [-0.2, 0) is 22.5 Å². The highest BCUT2D eigenvalue weighted by Gasteiger charge is 2.22. The molecule has 0 saturated carbocycles. The summed E-state index contributed by atoms with van der Waals surface area (Å²) in [6, 6.07) is 21.6. The molecule has 1 saturated heterocycles. The van der Waals surface area contributed by atoms with Crippen LogP contribution in [0.15, 0.2) is 72.9 Å². The van der Waals surface area contributed by atoms with Gasteiger partial charge in [-0.05, 0) is 53.3 Å². The first-order valence-electron chi connectivity index (χ1n) is 13.3. The van der Waals surface area contributed by atoms with Crippen molar-refractivity contribution < 1.29 is 14.3 Å². The Kier molecular flexibility index (Phi) is 6.96. The molecule has 8 heteroatoms. The molecule has 8 nitrogen and oxygen atoms in total. The van der Waals surface area contributed by atoms with Gasteiger partial charge < -0.3 is 20.3 Å². The Morgan fingerprint density at radius 3 is 2.51 bits per heavy atom. The molecule has 39 heavy (non-hydrogen) atoms. The van der Waals surface area contributed by atoms with Crippen molar-refractivity contribution in [1.82, 2.24) is 9.88 Å². The van der Waals surface area contributed by atoms with E-state index in [1.54, 1.807) is 11.8 Å². The summed E-state index contributed by atoms with van der Waals surface area (Å²) in [5, 5.41) is 7.95. The van der Waals surface area contributed by atoms with Crippen LogP contribution in [0.4, 0.5) is 21.9 Å². The molecule has 3 amide bonds. The lowest BCUT2D eigenvalue weighted by Gasteiger charge is -2.26. The predicted molar refractivity (Wildman–Crippen MR) is 154 cm³/mol. The van der Waals surface area contributed by atoms with Gasteiger partial charge in [-0.1, -0.05) is 36.4 Å². The fraction of sp³-hybridized carbons (Fsp3) is 0.258. The van der Waals surface area contributed by atoms with Gasteiger partial charge in [-0.25, -0.2) is 4.79 Å². The largest absolute Gasteiger partial charge is 0.379 e. The second kappa shape index (κ2) is 10.8. The monoisotopic (exact) mass is 521 g/mol. The van der Waals surface area contributed by atoms with Crippen molar-refractivity contribution in [2.24, 2.45) is 0 Å². The summed E-state index contributed by atoms with van der Waals surface area (Å²) in [4.78, 5) is 33.6. The van der Waals surface area contributed by atoms with Crippen LogP contribution in [0.1, 0.15) is 18.2 Å². The summed E-state index contributed by atoms with van der Waals surface area (Å²) >= 11 is 0. The number of pyridine rings is 1. The number of hydrogen-bond donors (Lipinski definition) is 2. The molecule has 2 aliphatic heterocycles. The molecule has 0 aliphatic carbocycles. The summed E-state index contributed by atoms with van der Waals surface area (Å²) in [5.74, 6) is 0.0299. The number of anilines is 3. The Hall–Kier alpha value is -4.27. The van der Waals surface area contributed by atoms with Crippen LogP contribution in [-0.4, -0.2) is 54.7 Å². The highest BCUT2D eigenvalue weighted by atomic mass is 16.5. The third kappa shape index (κ3) is 5.34. The Morgan fingerprint density at radius 1 is 0.923 bits per heavy atom. The maximum absolute atomic E-state index is 12.9. The van der Waals surface area contributed by atoms with E-state index in [9.17, 15) is 9.59 Å². The predicted octanol–water partition coefficient (Wildman–Crippen LogP) is 5.29. The van der Waals surface area contributed by atoms with Gasteiger partial charge >= 0.3 is 6.03 Å². The molecule has 3 aromatic carbocycles. The van der Waals surface area contributed by atoms with Crippen molar-refractivity contribution in [1.29, 1.82) is 0 Å². The number of nitrogens with one attached hydrogen (secondary N) is 2. The van der Waals surface area contributed by atoms with Gasteiger partial charge in [-0.3, -0.25) is 14.7 Å². The molecular formula is C31H31N5O3. The molecule has 198 valence electrons. The number of morpholine rings is 1. The van der Waals surface area contributed by atoms with Gasteiger partial charge in [0, 0.05) is 61.6 Å². The van der Waals surface area contributed by atoms with Crippen molar-refractivity contribution in [3.63, 3.8) is 0 Å². The van der Waals surface area contributed by atoms with Gasteiger partial charge in [-0.15, -0.1) is 0 Å². The van der Waals surface area contributed by atoms with E-state index in [4.69, 9.17) is 9.72 Å². The molecule has 1 fully saturated rings. The minimum atomic E-state index is -0.316. The number of aromatic nitrogens is 1. The number of fused-ring (bicyclic) bond motifs is 2. The SMILES string of the molecule is CC(=O)N1CCc2cc(NC(=O)Nc3ccc(-c4ccc(CN5CCOCC5)nc4)c4ccccc34)ccc21. The van der Waals surface area contributed by atoms with Gasteiger partial charge in [0.25, 0.3) is 0 Å². The van der Waals surface area contributed by atoms with Crippen LogP contribution in [0, 0.1) is 0 Å². The third-order valence-corrected chi connectivity index (χ3v) is 7.41. The van der Waals surface area contributed by atoms with Crippen molar-refractivity contribution in [3.8, 4) is 11.1 Å². The number of nitrogens with zero attached hydrogens (tertiary/aromatic N) is 3. The van der Waals surface area contributed by atoms with Crippen molar-refractivity contribution in [2.75, 3.05) is 48.4 Å². The fourth-order valence-corrected chi connectivity index (χ4v) is 5.42. The van der Waals surface area contributed by atoms with E-state index in [-0.39, 0.29) is 11.9 Å². The Balaban J connectivity index is 1.18. The number of carbonyl (C=O) groups excluding carboxylic acids is 2. The molecule has 0 unspecified atom stereocenters. The number of hydrogen-bond acceptors (Lipinski definition) is 5. The van der Waals surface area contributed by atoms with E-state index in [0.717, 1.165) is 83.8 Å². The maximum atomic E-state index is 12.9. The van der Waals surface area contributed by atoms with Crippen LogP contribution in [0.2, 0.25) is 0 Å². The molecule has 2 N–H and O–H groups in total. The van der Waals surface area contributed by atoms with Gasteiger partial charge in [0.2, 0.25) is 5.91 Å². The van der Waals surface area contributed by atoms with Crippen molar-refractivity contribution in [3.05, 3.63) is 84.2 Å². The summed E-state index contributed by atoms with van der Waals surface area (Å²) in [5.41, 5.74) is 6.54. The van der Waals surface area contributed by atoms with Crippen LogP contribution in [0.3, 0.4) is 0 Å². The smallest absolute Gasteiger partial charge is 0.323 e. The third-order valence-electron chi connectivity index (χ3n) is 7.41. The van der Waals surface area contributed by atoms with Gasteiger partial charge in [0.15, 0.2) is 0 Å². The fourth-order valence-electron chi connectivity index (χ4n) is 5.42. The minimum absolute atomic E-state index is 0.0299. The molecule has 2 aliphatic rings. The van der Waals surface area contributed by atoms with Crippen LogP contribution in [0.25, 0.3) is 21.9 Å². The molecule has 0 spiro atoms. The lowest BCUT2D eigenvalue weighted by Crippen LogP contribution is -2.35. The first-order chi connectivity index (χ1) is 19.0. The number of urea groups is 1. The van der Waals surface area contributed by atoms with E-state index in [0.29, 0.717) is 12.2 Å². The lowest BCUT2D eigenvalue weighted by atomic mass is 9.98. The zero-order chi connectivity index (χ0) is 26.8. The maximum Gasteiger partial charge on any atom is 0.323 e. The Bertz CT molecular complexity index is 1530. The number of carbonyl (C=O) groups is 2. The van der Waals surface area contributed by atoms with Gasteiger partial charge in [0.1, 0.15) is 0 Å². The number of benzene rings is 3. The Morgan fingerprint density at radius 2 is 1.74 bits per heavy atom. The van der Waals surface area contributed by atoms with Crippen molar-refractivity contribution in [2.45, 2.75) is 19.9 Å². The zero-order valence-corrected chi connectivity index (χ0v) is 21.9. The second-order valence-corrected chi connectivity index (χ2v) is 9.98. The first kappa shape index (κ1) is 25.0. The topological polar surface area (TPSA) is 86.8 Å². The van der Waals surface area contributed by atoms with E-state index in [2.05, 4.69) is 33.7 Å². The average molecular weight is 522 g/mol. The van der Waals surface area contributed by atoms with Crippen LogP contribution < -0.4 is 15.5 Å². The van der Waals surface area contributed by atoms with Crippen LogP contribution >= 0.6 is 0 Å². The second-order valence-electron chi connectivity index (χ2n) is 9.98. The lowest BCUT2D eigenvalue weighted by molar-refractivity contribution is -0.116. The van der Waals surface area contributed by atoms with Gasteiger partial charge in [-0.2, -0.15) is 0 Å². The molecule has 4 aromatic rings. The molecule has 0 bridgehead atoms. The molecule has 3 heterocycles. The standard InChI is InChI=1S/C31H31N5O3/c1-21(37)36-13-12-22-18-24(8-11-30(22)36)33-31(38)34-29-10-9-26(27-4-2-3-5-28(27)29)23-6-7-25(32-19-23)20-35-14-16-39-17-15-35/h2-11,18-19H,12-17,20H2,1H3,(H2,33,34,38). The number of ether oxygens (including phenoxy) is 1. The highest BCUT2D eigenvalue weighted by Crippen LogP contribution is 2.34. The molecule has 0 radical (unpaired) electrons. The normalized spacial score (nSPS) is 15.3. The molecule has 0 atom stereocenters. The summed E-state index contributed by atoms with van der Waals surface area (Å²) in [6.07, 6.45) is 2.71. The quantitative estimate of drug-likeness (QED) is 0.373. The highest BCUT2D eigenvalue weighted by molar-refractivity contribution is 6.09. The zero-order valence-electron chi connectivity index (χ0n) is 21.9. The summed E-state index contributed by atoms with van der Waals surface area (Å²) < 4.78 is 5.44. The summed E-state index contributed by atoms with van der Waals surface area (Å²) in [7, 11) is 0. The average Bonchev–Trinajstić information content (AvgIpc) is 3.38. The van der Waals surface area contributed by atoms with E-state index in [1.165, 1.54) is 0 Å². The number of amides is 3. The first-order valence-corrected chi connectivity index (χ1v) is 13.3. The van der Waals surface area contributed by atoms with Crippen molar-refractivity contribution >= 4 is 39.8 Å². The molecule has 1 aromatic heterocycles. The van der Waals surface area contributed by atoms with E-state index >= 15 is 0 Å². The number of rotatable bonds is 5. The molecule has 6 rings (SSSR count). The van der Waals surface area contributed by atoms with E-state index in [1.807, 2.05) is 54.7 Å². The minimum Gasteiger partial charge on any atom is -0.379 e. The molecular weight excluding hydrogens is 490 g/mol. The Labute approximate surface area is 227 Å². The van der Waals surface area contributed by atoms with E-state index < -0.39 is 0 Å².